The summed E-state index contributed by atoms with van der Waals surface area (Å²) in [5.41, 5.74) is 1.06. The molecule has 3 rings (SSSR count). The van der Waals surface area contributed by atoms with E-state index in [-0.39, 0.29) is 5.91 Å². The van der Waals surface area contributed by atoms with Gasteiger partial charge in [0.25, 0.3) is 5.91 Å². The number of aromatic nitrogens is 2. The van der Waals surface area contributed by atoms with Crippen LogP contribution in [0.15, 0.2) is 36.7 Å². The van der Waals surface area contributed by atoms with Crippen molar-refractivity contribution in [2.45, 2.75) is 6.92 Å². The minimum Gasteiger partial charge on any atom is -0.494 e. The van der Waals surface area contributed by atoms with Crippen molar-refractivity contribution in [3.63, 3.8) is 0 Å². The largest absolute Gasteiger partial charge is 0.494 e. The highest BCUT2D eigenvalue weighted by Crippen LogP contribution is 2.17. The number of amides is 1. The van der Waals surface area contributed by atoms with E-state index in [1.807, 2.05) is 31.2 Å². The molecule has 1 saturated heterocycles. The van der Waals surface area contributed by atoms with Gasteiger partial charge in [0.15, 0.2) is 0 Å². The van der Waals surface area contributed by atoms with E-state index in [0.717, 1.165) is 37.7 Å². The minimum absolute atomic E-state index is 0.248. The van der Waals surface area contributed by atoms with Crippen LogP contribution in [0.5, 0.6) is 5.75 Å². The molecule has 7 nitrogen and oxygen atoms in total. The van der Waals surface area contributed by atoms with Gasteiger partial charge in [-0.25, -0.2) is 9.97 Å². The summed E-state index contributed by atoms with van der Waals surface area (Å²) in [5, 5.41) is 2.85. The first-order valence-corrected chi connectivity index (χ1v) is 8.45. The molecule has 1 amide bonds. The van der Waals surface area contributed by atoms with Crippen LogP contribution in [0.25, 0.3) is 0 Å². The van der Waals surface area contributed by atoms with E-state index in [1.165, 1.54) is 6.33 Å². The van der Waals surface area contributed by atoms with Crippen LogP contribution in [0.1, 0.15) is 17.4 Å². The Morgan fingerprint density at radius 2 is 1.88 bits per heavy atom. The SMILES string of the molecule is CCOc1ccc(NC(=O)c2cc(N3CCN(C)CC3)ncn2)cc1. The number of carbonyl (C=O) groups is 1. The smallest absolute Gasteiger partial charge is 0.274 e. The first-order valence-electron chi connectivity index (χ1n) is 8.45. The van der Waals surface area contributed by atoms with Crippen molar-refractivity contribution < 1.29 is 9.53 Å². The molecule has 1 aliphatic rings. The van der Waals surface area contributed by atoms with Gasteiger partial charge in [0.1, 0.15) is 23.6 Å². The Labute approximate surface area is 147 Å². The molecule has 1 fully saturated rings. The molecule has 0 saturated carbocycles. The Balaban J connectivity index is 1.66. The van der Waals surface area contributed by atoms with Gasteiger partial charge in [0, 0.05) is 37.9 Å². The summed E-state index contributed by atoms with van der Waals surface area (Å²) in [6.45, 7) is 6.31. The normalized spacial score (nSPS) is 15.0. The maximum absolute atomic E-state index is 12.5. The van der Waals surface area contributed by atoms with E-state index in [0.29, 0.717) is 18.0 Å². The van der Waals surface area contributed by atoms with Crippen LogP contribution in [0.2, 0.25) is 0 Å². The van der Waals surface area contributed by atoms with Gasteiger partial charge in [0.05, 0.1) is 6.61 Å². The van der Waals surface area contributed by atoms with E-state index in [4.69, 9.17) is 4.74 Å². The zero-order chi connectivity index (χ0) is 17.6. The molecule has 1 N–H and O–H groups in total. The maximum Gasteiger partial charge on any atom is 0.274 e. The lowest BCUT2D eigenvalue weighted by molar-refractivity contribution is 0.102. The predicted molar refractivity (Wildman–Crippen MR) is 97.3 cm³/mol. The van der Waals surface area contributed by atoms with Gasteiger partial charge in [-0.15, -0.1) is 0 Å². The van der Waals surface area contributed by atoms with Crippen LogP contribution in [-0.2, 0) is 0 Å². The lowest BCUT2D eigenvalue weighted by Gasteiger charge is -2.33. The van der Waals surface area contributed by atoms with E-state index in [9.17, 15) is 4.79 Å². The van der Waals surface area contributed by atoms with Crippen molar-refractivity contribution in [2.75, 3.05) is 50.1 Å². The molecule has 0 aliphatic carbocycles. The number of piperazine rings is 1. The Hall–Kier alpha value is -2.67. The van der Waals surface area contributed by atoms with Crippen LogP contribution in [0.3, 0.4) is 0 Å². The summed E-state index contributed by atoms with van der Waals surface area (Å²) in [7, 11) is 2.10. The van der Waals surface area contributed by atoms with Crippen LogP contribution in [0.4, 0.5) is 11.5 Å². The van der Waals surface area contributed by atoms with Gasteiger partial charge < -0.3 is 19.9 Å². The topological polar surface area (TPSA) is 70.6 Å². The van der Waals surface area contributed by atoms with Crippen LogP contribution >= 0.6 is 0 Å². The molecule has 132 valence electrons. The molecule has 0 radical (unpaired) electrons. The van der Waals surface area contributed by atoms with Crippen LogP contribution < -0.4 is 15.0 Å². The fourth-order valence-corrected chi connectivity index (χ4v) is 2.68. The molecule has 0 unspecified atom stereocenters. The molecule has 1 aliphatic heterocycles. The second-order valence-corrected chi connectivity index (χ2v) is 5.96. The van der Waals surface area contributed by atoms with Crippen molar-refractivity contribution in [1.82, 2.24) is 14.9 Å². The fourth-order valence-electron chi connectivity index (χ4n) is 2.68. The van der Waals surface area contributed by atoms with Gasteiger partial charge >= 0.3 is 0 Å². The number of nitrogens with one attached hydrogen (secondary N) is 1. The van der Waals surface area contributed by atoms with E-state index in [2.05, 4.69) is 32.1 Å². The Morgan fingerprint density at radius 1 is 1.16 bits per heavy atom. The van der Waals surface area contributed by atoms with Gasteiger partial charge in [-0.2, -0.15) is 0 Å². The van der Waals surface area contributed by atoms with Gasteiger partial charge in [0.2, 0.25) is 0 Å². The van der Waals surface area contributed by atoms with E-state index in [1.54, 1.807) is 6.07 Å². The number of benzene rings is 1. The molecule has 1 aromatic heterocycles. The summed E-state index contributed by atoms with van der Waals surface area (Å²) in [5.74, 6) is 1.32. The maximum atomic E-state index is 12.5. The molecular weight excluding hydrogens is 318 g/mol. The fraction of sp³-hybridized carbons (Fsp3) is 0.389. The highest BCUT2D eigenvalue weighted by atomic mass is 16.5. The number of anilines is 2. The highest BCUT2D eigenvalue weighted by Gasteiger charge is 2.17. The molecule has 25 heavy (non-hydrogen) atoms. The Morgan fingerprint density at radius 3 is 2.56 bits per heavy atom. The number of likely N-dealkylation sites (N-methyl/N-ethyl adjacent to an activating group) is 1. The van der Waals surface area contributed by atoms with Crippen molar-refractivity contribution in [3.05, 3.63) is 42.4 Å². The minimum atomic E-state index is -0.248. The summed E-state index contributed by atoms with van der Waals surface area (Å²) in [4.78, 5) is 25.3. The third kappa shape index (κ3) is 4.45. The number of carbonyl (C=O) groups excluding carboxylic acids is 1. The lowest BCUT2D eigenvalue weighted by atomic mass is 10.2. The first-order chi connectivity index (χ1) is 12.2. The number of ether oxygens (including phenoxy) is 1. The second kappa shape index (κ2) is 7.94. The molecular formula is C18H23N5O2. The molecule has 0 atom stereocenters. The number of nitrogens with zero attached hydrogens (tertiary/aromatic N) is 4. The first kappa shape index (κ1) is 17.2. The van der Waals surface area contributed by atoms with Crippen molar-refractivity contribution in [1.29, 1.82) is 0 Å². The third-order valence-electron chi connectivity index (χ3n) is 4.14. The lowest BCUT2D eigenvalue weighted by Crippen LogP contribution is -2.44. The molecule has 2 heterocycles. The van der Waals surface area contributed by atoms with Crippen LogP contribution in [-0.4, -0.2) is 60.6 Å². The summed E-state index contributed by atoms with van der Waals surface area (Å²) in [6.07, 6.45) is 1.45. The Kier molecular flexibility index (Phi) is 5.45. The monoisotopic (exact) mass is 341 g/mol. The van der Waals surface area contributed by atoms with Gasteiger partial charge in [-0.1, -0.05) is 0 Å². The van der Waals surface area contributed by atoms with Gasteiger partial charge in [-0.05, 0) is 38.2 Å². The zero-order valence-electron chi connectivity index (χ0n) is 14.6. The standard InChI is InChI=1S/C18H23N5O2/c1-3-25-15-6-4-14(5-7-15)21-18(24)16-12-17(20-13-19-16)23-10-8-22(2)9-11-23/h4-7,12-13H,3,8-11H2,1-2H3,(H,21,24). The molecule has 7 heteroatoms. The second-order valence-electron chi connectivity index (χ2n) is 5.96. The van der Waals surface area contributed by atoms with Crippen molar-refractivity contribution in [2.24, 2.45) is 0 Å². The number of rotatable bonds is 5. The predicted octanol–water partition coefficient (Wildman–Crippen LogP) is 1.88. The van der Waals surface area contributed by atoms with Crippen molar-refractivity contribution >= 4 is 17.4 Å². The highest BCUT2D eigenvalue weighted by molar-refractivity contribution is 6.03. The van der Waals surface area contributed by atoms with E-state index < -0.39 is 0 Å². The summed E-state index contributed by atoms with van der Waals surface area (Å²) < 4.78 is 5.40. The molecule has 2 aromatic rings. The molecule has 1 aromatic carbocycles. The summed E-state index contributed by atoms with van der Waals surface area (Å²) in [6, 6.07) is 9.02. The average Bonchev–Trinajstić information content (AvgIpc) is 2.64. The third-order valence-corrected chi connectivity index (χ3v) is 4.14. The van der Waals surface area contributed by atoms with Gasteiger partial charge in [-0.3, -0.25) is 4.79 Å². The molecule has 0 spiro atoms. The Bertz CT molecular complexity index is 712. The van der Waals surface area contributed by atoms with Crippen molar-refractivity contribution in [3.8, 4) is 5.75 Å². The zero-order valence-corrected chi connectivity index (χ0v) is 14.6. The number of hydrogen-bond donors (Lipinski definition) is 1. The quantitative estimate of drug-likeness (QED) is 0.895. The molecule has 0 bridgehead atoms. The van der Waals surface area contributed by atoms with Crippen LogP contribution in [0, 0.1) is 0 Å². The summed E-state index contributed by atoms with van der Waals surface area (Å²) >= 11 is 0. The van der Waals surface area contributed by atoms with E-state index >= 15 is 0 Å². The number of hydrogen-bond acceptors (Lipinski definition) is 6. The average molecular weight is 341 g/mol.